The molecule has 1 N–H and O–H groups in total. The second-order valence-electron chi connectivity index (χ2n) is 6.48. The number of hydrogen-bond acceptors (Lipinski definition) is 5. The molecule has 0 saturated heterocycles. The molecule has 0 radical (unpaired) electrons. The third-order valence-corrected chi connectivity index (χ3v) is 4.81. The van der Waals surface area contributed by atoms with Crippen LogP contribution >= 0.6 is 11.6 Å². The SMILES string of the molecule is O=C(COC(=O)c1ccccc1-c1nc2ccccc2o1)NCc1ccccc1Cl. The van der Waals surface area contributed by atoms with Gasteiger partial charge in [-0.1, -0.05) is 54.1 Å². The van der Waals surface area contributed by atoms with Crippen LogP contribution in [0.15, 0.2) is 77.2 Å². The first-order valence-electron chi connectivity index (χ1n) is 9.24. The molecule has 3 aromatic carbocycles. The molecule has 150 valence electrons. The van der Waals surface area contributed by atoms with E-state index in [-0.39, 0.29) is 12.1 Å². The molecule has 4 aromatic rings. The summed E-state index contributed by atoms with van der Waals surface area (Å²) in [6.07, 6.45) is 0. The molecule has 1 heterocycles. The number of nitrogens with one attached hydrogen (secondary N) is 1. The lowest BCUT2D eigenvalue weighted by Crippen LogP contribution is -2.28. The van der Waals surface area contributed by atoms with Crippen molar-refractivity contribution in [1.29, 1.82) is 0 Å². The van der Waals surface area contributed by atoms with E-state index < -0.39 is 18.5 Å². The van der Waals surface area contributed by atoms with Crippen LogP contribution in [0.25, 0.3) is 22.6 Å². The van der Waals surface area contributed by atoms with E-state index in [1.54, 1.807) is 36.4 Å². The largest absolute Gasteiger partial charge is 0.452 e. The van der Waals surface area contributed by atoms with Gasteiger partial charge in [0.1, 0.15) is 5.52 Å². The second-order valence-corrected chi connectivity index (χ2v) is 6.88. The maximum absolute atomic E-state index is 12.6. The molecule has 4 rings (SSSR count). The van der Waals surface area contributed by atoms with Crippen molar-refractivity contribution in [2.24, 2.45) is 0 Å². The number of nitrogens with zero attached hydrogens (tertiary/aromatic N) is 1. The van der Waals surface area contributed by atoms with Gasteiger partial charge in [0.25, 0.3) is 5.91 Å². The number of ether oxygens (including phenoxy) is 1. The molecule has 1 amide bonds. The number of carbonyl (C=O) groups excluding carboxylic acids is 2. The predicted octanol–water partition coefficient (Wildman–Crippen LogP) is 4.62. The summed E-state index contributed by atoms with van der Waals surface area (Å²) in [7, 11) is 0. The van der Waals surface area contributed by atoms with Gasteiger partial charge in [-0.25, -0.2) is 9.78 Å². The van der Waals surface area contributed by atoms with Crippen molar-refractivity contribution in [2.75, 3.05) is 6.61 Å². The summed E-state index contributed by atoms with van der Waals surface area (Å²) in [6, 6.07) is 21.3. The molecule has 0 saturated carbocycles. The van der Waals surface area contributed by atoms with Gasteiger partial charge in [0, 0.05) is 11.6 Å². The van der Waals surface area contributed by atoms with Gasteiger partial charge in [0.05, 0.1) is 11.1 Å². The highest BCUT2D eigenvalue weighted by Crippen LogP contribution is 2.27. The molecule has 0 aliphatic heterocycles. The van der Waals surface area contributed by atoms with Crippen molar-refractivity contribution in [3.8, 4) is 11.5 Å². The zero-order valence-electron chi connectivity index (χ0n) is 15.8. The second kappa shape index (κ2) is 8.80. The van der Waals surface area contributed by atoms with Crippen molar-refractivity contribution in [3.63, 3.8) is 0 Å². The van der Waals surface area contributed by atoms with Crippen LogP contribution in [0.3, 0.4) is 0 Å². The predicted molar refractivity (Wildman–Crippen MR) is 113 cm³/mol. The van der Waals surface area contributed by atoms with Crippen molar-refractivity contribution in [1.82, 2.24) is 10.3 Å². The molecule has 0 atom stereocenters. The Hall–Kier alpha value is -3.64. The van der Waals surface area contributed by atoms with Crippen LogP contribution in [0.2, 0.25) is 5.02 Å². The van der Waals surface area contributed by atoms with Crippen LogP contribution in [-0.2, 0) is 16.1 Å². The fourth-order valence-electron chi connectivity index (χ4n) is 2.93. The van der Waals surface area contributed by atoms with Gasteiger partial charge in [0.15, 0.2) is 12.2 Å². The number of esters is 1. The summed E-state index contributed by atoms with van der Waals surface area (Å²) in [6.45, 7) is -0.166. The highest BCUT2D eigenvalue weighted by Gasteiger charge is 2.19. The minimum Gasteiger partial charge on any atom is -0.452 e. The lowest BCUT2D eigenvalue weighted by molar-refractivity contribution is -0.124. The van der Waals surface area contributed by atoms with Gasteiger partial charge < -0.3 is 14.5 Å². The van der Waals surface area contributed by atoms with E-state index in [9.17, 15) is 9.59 Å². The van der Waals surface area contributed by atoms with Crippen molar-refractivity contribution in [2.45, 2.75) is 6.54 Å². The summed E-state index contributed by atoms with van der Waals surface area (Å²) >= 11 is 6.07. The third kappa shape index (κ3) is 4.34. The first-order chi connectivity index (χ1) is 14.6. The zero-order valence-corrected chi connectivity index (χ0v) is 16.6. The van der Waals surface area contributed by atoms with Gasteiger partial charge in [-0.3, -0.25) is 4.79 Å². The van der Waals surface area contributed by atoms with Crippen molar-refractivity contribution < 1.29 is 18.7 Å². The van der Waals surface area contributed by atoms with Crippen LogP contribution in [-0.4, -0.2) is 23.5 Å². The number of oxazole rings is 1. The lowest BCUT2D eigenvalue weighted by atomic mass is 10.1. The number of hydrogen-bond donors (Lipinski definition) is 1. The topological polar surface area (TPSA) is 81.4 Å². The molecule has 0 unspecified atom stereocenters. The smallest absolute Gasteiger partial charge is 0.339 e. The summed E-state index contributed by atoms with van der Waals surface area (Å²) in [4.78, 5) is 29.1. The molecule has 0 aliphatic carbocycles. The quantitative estimate of drug-likeness (QED) is 0.460. The minimum atomic E-state index is -0.638. The van der Waals surface area contributed by atoms with E-state index in [1.807, 2.05) is 36.4 Å². The highest BCUT2D eigenvalue weighted by atomic mass is 35.5. The molecule has 7 heteroatoms. The summed E-state index contributed by atoms with van der Waals surface area (Å²) in [5, 5.41) is 3.24. The number of benzene rings is 3. The zero-order chi connectivity index (χ0) is 20.9. The van der Waals surface area contributed by atoms with E-state index in [2.05, 4.69) is 10.3 Å². The maximum atomic E-state index is 12.6. The van der Waals surface area contributed by atoms with E-state index in [0.717, 1.165) is 5.56 Å². The number of aromatic nitrogens is 1. The molecule has 30 heavy (non-hydrogen) atoms. The average molecular weight is 421 g/mol. The number of amides is 1. The van der Waals surface area contributed by atoms with Gasteiger partial charge in [0.2, 0.25) is 5.89 Å². The Labute approximate surface area is 177 Å². The Kier molecular flexibility index (Phi) is 5.77. The molecule has 0 spiro atoms. The van der Waals surface area contributed by atoms with Gasteiger partial charge in [-0.05, 0) is 35.9 Å². The van der Waals surface area contributed by atoms with Crippen molar-refractivity contribution in [3.05, 3.63) is 88.9 Å². The molecule has 6 nitrogen and oxygen atoms in total. The number of fused-ring (bicyclic) bond motifs is 1. The Balaban J connectivity index is 1.43. The molecule has 0 aliphatic rings. The Bertz CT molecular complexity index is 1190. The third-order valence-electron chi connectivity index (χ3n) is 4.44. The number of halogens is 1. The van der Waals surface area contributed by atoms with Crippen LogP contribution in [0.5, 0.6) is 0 Å². The monoisotopic (exact) mass is 420 g/mol. The number of carbonyl (C=O) groups is 2. The number of para-hydroxylation sites is 2. The standard InChI is InChI=1S/C23H17ClN2O4/c24-18-10-4-1-7-15(18)13-25-21(27)14-29-23(28)17-9-3-2-8-16(17)22-26-19-11-5-6-12-20(19)30-22/h1-12H,13-14H2,(H,25,27). The fourth-order valence-corrected chi connectivity index (χ4v) is 3.13. The van der Waals surface area contributed by atoms with Gasteiger partial charge in [-0.15, -0.1) is 0 Å². The van der Waals surface area contributed by atoms with E-state index >= 15 is 0 Å². The van der Waals surface area contributed by atoms with E-state index in [1.165, 1.54) is 0 Å². The molecular formula is C23H17ClN2O4. The van der Waals surface area contributed by atoms with Crippen molar-refractivity contribution >= 4 is 34.6 Å². The van der Waals surface area contributed by atoms with Gasteiger partial charge in [-0.2, -0.15) is 0 Å². The summed E-state index contributed by atoms with van der Waals surface area (Å²) in [5.74, 6) is -0.754. The molecular weight excluding hydrogens is 404 g/mol. The fraction of sp³-hybridized carbons (Fsp3) is 0.0870. The summed E-state index contributed by atoms with van der Waals surface area (Å²) in [5.41, 5.74) is 2.85. The Morgan fingerprint density at radius 1 is 0.967 bits per heavy atom. The average Bonchev–Trinajstić information content (AvgIpc) is 3.21. The first-order valence-corrected chi connectivity index (χ1v) is 9.62. The molecule has 0 fully saturated rings. The number of rotatable bonds is 6. The summed E-state index contributed by atoms with van der Waals surface area (Å²) < 4.78 is 10.9. The molecule has 0 bridgehead atoms. The lowest BCUT2D eigenvalue weighted by Gasteiger charge is -2.09. The Morgan fingerprint density at radius 2 is 1.70 bits per heavy atom. The van der Waals surface area contributed by atoms with Crippen LogP contribution in [0.1, 0.15) is 15.9 Å². The molecule has 1 aromatic heterocycles. The van der Waals surface area contributed by atoms with Crippen LogP contribution < -0.4 is 5.32 Å². The van der Waals surface area contributed by atoms with E-state index in [4.69, 9.17) is 20.8 Å². The maximum Gasteiger partial charge on any atom is 0.339 e. The first kappa shape index (κ1) is 19.7. The Morgan fingerprint density at radius 3 is 2.53 bits per heavy atom. The normalized spacial score (nSPS) is 10.7. The minimum absolute atomic E-state index is 0.246. The van der Waals surface area contributed by atoms with Crippen LogP contribution in [0, 0.1) is 0 Å². The highest BCUT2D eigenvalue weighted by molar-refractivity contribution is 6.31. The van der Waals surface area contributed by atoms with Crippen LogP contribution in [0.4, 0.5) is 0 Å². The van der Waals surface area contributed by atoms with Gasteiger partial charge >= 0.3 is 5.97 Å². The van der Waals surface area contributed by atoms with E-state index in [0.29, 0.717) is 27.6 Å².